The van der Waals surface area contributed by atoms with E-state index in [-0.39, 0.29) is 24.2 Å². The fourth-order valence-corrected chi connectivity index (χ4v) is 4.75. The van der Waals surface area contributed by atoms with Gasteiger partial charge in [0.2, 0.25) is 5.91 Å². The van der Waals surface area contributed by atoms with E-state index in [0.29, 0.717) is 11.4 Å². The Morgan fingerprint density at radius 3 is 2.39 bits per heavy atom. The van der Waals surface area contributed by atoms with Crippen molar-refractivity contribution < 1.29 is 18.7 Å². The monoisotopic (exact) mass is 508 g/mol. The number of para-hydroxylation sites is 1. The maximum absolute atomic E-state index is 14.1. The quantitative estimate of drug-likeness (QED) is 0.390. The summed E-state index contributed by atoms with van der Waals surface area (Å²) in [7, 11) is 0. The molecule has 1 fully saturated rings. The molecule has 4 rings (SSSR count). The van der Waals surface area contributed by atoms with Crippen molar-refractivity contribution in [3.8, 4) is 5.75 Å². The van der Waals surface area contributed by atoms with Crippen molar-refractivity contribution in [3.63, 3.8) is 0 Å². The molecule has 0 bridgehead atoms. The Labute approximate surface area is 216 Å². The van der Waals surface area contributed by atoms with Crippen LogP contribution in [0.2, 0.25) is 5.02 Å². The molecule has 0 aliphatic heterocycles. The van der Waals surface area contributed by atoms with E-state index in [1.807, 2.05) is 36.4 Å². The fraction of sp³-hybridized carbons (Fsp3) is 0.310. The second-order valence-electron chi connectivity index (χ2n) is 9.07. The molecule has 7 heteroatoms. The zero-order chi connectivity index (χ0) is 25.3. The molecule has 3 aromatic rings. The maximum atomic E-state index is 14.1. The van der Waals surface area contributed by atoms with Crippen molar-refractivity contribution in [3.05, 3.63) is 101 Å². The van der Waals surface area contributed by atoms with Gasteiger partial charge < -0.3 is 15.0 Å². The van der Waals surface area contributed by atoms with E-state index in [9.17, 15) is 14.0 Å². The van der Waals surface area contributed by atoms with Crippen molar-refractivity contribution in [2.24, 2.45) is 0 Å². The summed E-state index contributed by atoms with van der Waals surface area (Å²) in [4.78, 5) is 28.7. The summed E-state index contributed by atoms with van der Waals surface area (Å²) >= 11 is 6.20. The minimum absolute atomic E-state index is 0.0106. The van der Waals surface area contributed by atoms with Crippen LogP contribution in [0.15, 0.2) is 78.9 Å². The molecule has 5 nitrogen and oxygen atoms in total. The lowest BCUT2D eigenvalue weighted by Gasteiger charge is -2.32. The van der Waals surface area contributed by atoms with Crippen LogP contribution in [0.3, 0.4) is 0 Å². The van der Waals surface area contributed by atoms with Gasteiger partial charge in [-0.05, 0) is 48.2 Å². The van der Waals surface area contributed by atoms with Crippen molar-refractivity contribution in [2.75, 3.05) is 6.61 Å². The second-order valence-corrected chi connectivity index (χ2v) is 9.50. The predicted molar refractivity (Wildman–Crippen MR) is 138 cm³/mol. The van der Waals surface area contributed by atoms with Gasteiger partial charge in [-0.3, -0.25) is 9.59 Å². The lowest BCUT2D eigenvalue weighted by molar-refractivity contribution is -0.143. The Balaban J connectivity index is 1.62. The maximum Gasteiger partial charge on any atom is 0.261 e. The van der Waals surface area contributed by atoms with E-state index in [1.165, 1.54) is 17.0 Å². The number of hydrogen-bond acceptors (Lipinski definition) is 3. The molecule has 0 aromatic heterocycles. The first-order chi connectivity index (χ1) is 17.5. The van der Waals surface area contributed by atoms with Gasteiger partial charge in [0.05, 0.1) is 0 Å². The summed E-state index contributed by atoms with van der Waals surface area (Å²) in [6.07, 6.45) is 4.36. The summed E-state index contributed by atoms with van der Waals surface area (Å²) in [6, 6.07) is 22.1. The van der Waals surface area contributed by atoms with E-state index < -0.39 is 24.4 Å². The molecule has 2 amide bonds. The highest BCUT2D eigenvalue weighted by atomic mass is 35.5. The molecule has 1 N–H and O–H groups in total. The first kappa shape index (κ1) is 25.7. The Morgan fingerprint density at radius 2 is 1.67 bits per heavy atom. The van der Waals surface area contributed by atoms with Gasteiger partial charge in [-0.25, -0.2) is 4.39 Å². The molecule has 0 spiro atoms. The SMILES string of the molecule is O=C(NC1CCCC1)[C@@H](Cc1ccccc1)N(Cc1cccc(Cl)c1)C(=O)COc1ccccc1F. The van der Waals surface area contributed by atoms with Crippen LogP contribution in [0.5, 0.6) is 5.75 Å². The molecule has 3 aromatic carbocycles. The second kappa shape index (κ2) is 12.5. The zero-order valence-corrected chi connectivity index (χ0v) is 20.8. The summed E-state index contributed by atoms with van der Waals surface area (Å²) in [5.41, 5.74) is 1.72. The van der Waals surface area contributed by atoms with E-state index in [0.717, 1.165) is 36.8 Å². The van der Waals surface area contributed by atoms with E-state index in [2.05, 4.69) is 5.32 Å². The van der Waals surface area contributed by atoms with Crippen molar-refractivity contribution in [2.45, 2.75) is 50.7 Å². The van der Waals surface area contributed by atoms with Gasteiger partial charge in [-0.1, -0.05) is 79.0 Å². The molecule has 1 atom stereocenters. The average Bonchev–Trinajstić information content (AvgIpc) is 3.39. The average molecular weight is 509 g/mol. The summed E-state index contributed by atoms with van der Waals surface area (Å²) in [6.45, 7) is -0.237. The number of ether oxygens (including phenoxy) is 1. The Morgan fingerprint density at radius 1 is 0.972 bits per heavy atom. The van der Waals surface area contributed by atoms with Crippen molar-refractivity contribution >= 4 is 23.4 Å². The number of amides is 2. The number of carbonyl (C=O) groups is 2. The number of nitrogens with one attached hydrogen (secondary N) is 1. The summed E-state index contributed by atoms with van der Waals surface area (Å²) < 4.78 is 19.6. The molecule has 0 saturated heterocycles. The minimum Gasteiger partial charge on any atom is -0.481 e. The Bertz CT molecular complexity index is 1170. The van der Waals surface area contributed by atoms with Gasteiger partial charge in [0, 0.05) is 24.0 Å². The molecule has 0 heterocycles. The van der Waals surface area contributed by atoms with Crippen LogP contribution in [0.25, 0.3) is 0 Å². The first-order valence-corrected chi connectivity index (χ1v) is 12.6. The van der Waals surface area contributed by atoms with Gasteiger partial charge in [0.15, 0.2) is 18.2 Å². The highest BCUT2D eigenvalue weighted by Gasteiger charge is 2.32. The Hall–Kier alpha value is -3.38. The highest BCUT2D eigenvalue weighted by Crippen LogP contribution is 2.21. The molecule has 0 radical (unpaired) electrons. The normalized spacial score (nSPS) is 14.3. The van der Waals surface area contributed by atoms with Crippen LogP contribution in [0.1, 0.15) is 36.8 Å². The van der Waals surface area contributed by atoms with Gasteiger partial charge in [0.25, 0.3) is 5.91 Å². The minimum atomic E-state index is -0.774. The fourth-order valence-electron chi connectivity index (χ4n) is 4.54. The van der Waals surface area contributed by atoms with Crippen LogP contribution in [0.4, 0.5) is 4.39 Å². The smallest absolute Gasteiger partial charge is 0.261 e. The van der Waals surface area contributed by atoms with Crippen LogP contribution < -0.4 is 10.1 Å². The van der Waals surface area contributed by atoms with E-state index >= 15 is 0 Å². The summed E-state index contributed by atoms with van der Waals surface area (Å²) in [5, 5.41) is 3.69. The van der Waals surface area contributed by atoms with Gasteiger partial charge in [0.1, 0.15) is 6.04 Å². The predicted octanol–water partition coefficient (Wildman–Crippen LogP) is 5.56. The number of carbonyl (C=O) groups excluding carboxylic acids is 2. The first-order valence-electron chi connectivity index (χ1n) is 12.2. The standard InChI is InChI=1S/C29H30ClFN2O3/c30-23-12-8-11-22(17-23)19-33(28(34)20-36-27-16-7-6-15-25(27)31)26(18-21-9-2-1-3-10-21)29(35)32-24-13-4-5-14-24/h1-3,6-12,15-17,24,26H,4-5,13-14,18-20H2,(H,32,35)/t26-/m1/s1. The zero-order valence-electron chi connectivity index (χ0n) is 20.0. The van der Waals surface area contributed by atoms with Crippen LogP contribution in [-0.2, 0) is 22.6 Å². The van der Waals surface area contributed by atoms with Crippen LogP contribution in [-0.4, -0.2) is 35.4 Å². The molecule has 1 aliphatic carbocycles. The third-order valence-corrected chi connectivity index (χ3v) is 6.64. The van der Waals surface area contributed by atoms with Crippen molar-refractivity contribution in [1.29, 1.82) is 0 Å². The molecule has 36 heavy (non-hydrogen) atoms. The topological polar surface area (TPSA) is 58.6 Å². The third kappa shape index (κ3) is 7.08. The van der Waals surface area contributed by atoms with E-state index in [1.54, 1.807) is 30.3 Å². The van der Waals surface area contributed by atoms with Gasteiger partial charge in [-0.2, -0.15) is 0 Å². The number of hydrogen-bond donors (Lipinski definition) is 1. The molecule has 1 saturated carbocycles. The van der Waals surface area contributed by atoms with Crippen LogP contribution in [0, 0.1) is 5.82 Å². The molecule has 1 aliphatic rings. The number of rotatable bonds is 10. The number of nitrogens with zero attached hydrogens (tertiary/aromatic N) is 1. The van der Waals surface area contributed by atoms with Crippen molar-refractivity contribution in [1.82, 2.24) is 10.2 Å². The highest BCUT2D eigenvalue weighted by molar-refractivity contribution is 6.30. The van der Waals surface area contributed by atoms with Crippen LogP contribution >= 0.6 is 11.6 Å². The lowest BCUT2D eigenvalue weighted by atomic mass is 10.0. The third-order valence-electron chi connectivity index (χ3n) is 6.40. The molecular formula is C29H30ClFN2O3. The van der Waals surface area contributed by atoms with Gasteiger partial charge >= 0.3 is 0 Å². The van der Waals surface area contributed by atoms with Gasteiger partial charge in [-0.15, -0.1) is 0 Å². The number of benzene rings is 3. The molecule has 0 unspecified atom stereocenters. The Kier molecular flexibility index (Phi) is 8.95. The number of halogens is 2. The molecular weight excluding hydrogens is 479 g/mol. The van der Waals surface area contributed by atoms with E-state index in [4.69, 9.17) is 16.3 Å². The lowest BCUT2D eigenvalue weighted by Crippen LogP contribution is -2.53. The molecule has 188 valence electrons. The largest absolute Gasteiger partial charge is 0.481 e. The summed E-state index contributed by atoms with van der Waals surface area (Å²) in [5.74, 6) is -1.18.